The van der Waals surface area contributed by atoms with Crippen molar-refractivity contribution in [1.29, 1.82) is 0 Å². The molecular weight excluding hydrogens is 476 g/mol. The Bertz CT molecular complexity index is 1350. The minimum atomic E-state index is 0.0743. The number of hydrogen-bond acceptors (Lipinski definition) is 8. The number of nitrogens with two attached hydrogens (primary N) is 1. The molecule has 0 bridgehead atoms. The average molecular weight is 515 g/mol. The lowest BCUT2D eigenvalue weighted by Crippen LogP contribution is -2.45. The Morgan fingerprint density at radius 3 is 2.26 bits per heavy atom. The molecule has 0 amide bonds. The number of nitrogen functional groups attached to an aromatic ring is 1. The second kappa shape index (κ2) is 10.3. The molecule has 0 spiro atoms. The summed E-state index contributed by atoms with van der Waals surface area (Å²) < 4.78 is 1.64. The van der Waals surface area contributed by atoms with Gasteiger partial charge in [-0.3, -0.25) is 4.79 Å². The third-order valence-corrected chi connectivity index (χ3v) is 8.53. The van der Waals surface area contributed by atoms with Gasteiger partial charge in [-0.2, -0.15) is 9.97 Å². The van der Waals surface area contributed by atoms with Crippen LogP contribution in [-0.2, 0) is 20.0 Å². The first-order valence-corrected chi connectivity index (χ1v) is 13.8. The highest BCUT2D eigenvalue weighted by Gasteiger charge is 2.25. The van der Waals surface area contributed by atoms with Crippen LogP contribution in [0.25, 0.3) is 0 Å². The van der Waals surface area contributed by atoms with Gasteiger partial charge in [-0.15, -0.1) is 0 Å². The Hall–Kier alpha value is -3.59. The van der Waals surface area contributed by atoms with Gasteiger partial charge in [0.15, 0.2) is 0 Å². The zero-order chi connectivity index (χ0) is 26.2. The summed E-state index contributed by atoms with van der Waals surface area (Å²) in [6, 6.07) is 13.0. The fourth-order valence-corrected chi connectivity index (χ4v) is 6.02. The fraction of sp³-hybridized carbons (Fsp3) is 0.483. The number of nitrogens with zero attached hydrogens (tertiary/aromatic N) is 7. The number of fused-ring (bicyclic) bond motifs is 1. The molecule has 6 rings (SSSR count). The van der Waals surface area contributed by atoms with Crippen LogP contribution in [0.2, 0.25) is 0 Å². The van der Waals surface area contributed by atoms with Crippen LogP contribution in [0.5, 0.6) is 0 Å². The lowest BCUT2D eigenvalue weighted by Gasteiger charge is -2.36. The normalized spacial score (nSPS) is 19.1. The van der Waals surface area contributed by atoms with Gasteiger partial charge in [0.2, 0.25) is 5.95 Å². The molecule has 2 saturated heterocycles. The summed E-state index contributed by atoms with van der Waals surface area (Å²) in [5, 5.41) is 0. The summed E-state index contributed by atoms with van der Waals surface area (Å²) in [5.41, 5.74) is 11.5. The Kier molecular flexibility index (Phi) is 6.69. The quantitative estimate of drug-likeness (QED) is 0.568. The number of likely N-dealkylation sites (N-methyl/N-ethyl adjacent to an activating group) is 1. The highest BCUT2D eigenvalue weighted by atomic mass is 16.1. The summed E-state index contributed by atoms with van der Waals surface area (Å²) in [7, 11) is 3.96. The number of rotatable bonds is 4. The third kappa shape index (κ3) is 5.07. The molecule has 5 heterocycles. The number of piperidine rings is 1. The van der Waals surface area contributed by atoms with E-state index >= 15 is 0 Å². The first-order chi connectivity index (χ1) is 18.4. The lowest BCUT2D eigenvalue weighted by atomic mass is 9.89. The predicted octanol–water partition coefficient (Wildman–Crippen LogP) is 2.46. The van der Waals surface area contributed by atoms with Gasteiger partial charge in [-0.25, -0.2) is 0 Å². The van der Waals surface area contributed by atoms with E-state index in [1.54, 1.807) is 11.6 Å². The van der Waals surface area contributed by atoms with Crippen LogP contribution in [-0.4, -0.2) is 72.3 Å². The van der Waals surface area contributed by atoms with Gasteiger partial charge in [0.05, 0.1) is 0 Å². The highest BCUT2D eigenvalue weighted by Crippen LogP contribution is 2.33. The van der Waals surface area contributed by atoms with Gasteiger partial charge in [-0.05, 0) is 67.1 Å². The van der Waals surface area contributed by atoms with Crippen molar-refractivity contribution >= 4 is 23.3 Å². The summed E-state index contributed by atoms with van der Waals surface area (Å²) >= 11 is 0. The van der Waals surface area contributed by atoms with Crippen molar-refractivity contribution in [1.82, 2.24) is 19.4 Å². The number of benzene rings is 1. The van der Waals surface area contributed by atoms with Crippen LogP contribution in [0.3, 0.4) is 0 Å². The molecule has 0 aliphatic carbocycles. The van der Waals surface area contributed by atoms with Crippen molar-refractivity contribution in [3.63, 3.8) is 0 Å². The molecule has 3 aliphatic heterocycles. The Balaban J connectivity index is 1.15. The number of piperazine rings is 1. The first kappa shape index (κ1) is 24.7. The molecule has 38 heavy (non-hydrogen) atoms. The van der Waals surface area contributed by atoms with Crippen molar-refractivity contribution in [3.05, 3.63) is 69.6 Å². The van der Waals surface area contributed by atoms with E-state index in [4.69, 9.17) is 5.73 Å². The molecule has 2 aromatic heterocycles. The molecule has 3 aromatic rings. The molecule has 3 aliphatic rings. The molecular formula is C29H38N8O. The fourth-order valence-electron chi connectivity index (χ4n) is 6.02. The Morgan fingerprint density at radius 2 is 1.53 bits per heavy atom. The van der Waals surface area contributed by atoms with Crippen LogP contribution in [0.1, 0.15) is 35.4 Å². The van der Waals surface area contributed by atoms with E-state index in [1.165, 1.54) is 22.4 Å². The smallest absolute Gasteiger partial charge is 0.250 e. The van der Waals surface area contributed by atoms with Crippen molar-refractivity contribution in [2.24, 2.45) is 7.05 Å². The van der Waals surface area contributed by atoms with Crippen LogP contribution < -0.4 is 26.0 Å². The number of aromatic nitrogens is 3. The minimum Gasteiger partial charge on any atom is -0.371 e. The molecule has 2 N–H and O–H groups in total. The van der Waals surface area contributed by atoms with Gasteiger partial charge in [0.1, 0.15) is 11.6 Å². The number of aryl methyl sites for hydroxylation is 1. The van der Waals surface area contributed by atoms with Crippen molar-refractivity contribution in [2.45, 2.75) is 31.7 Å². The summed E-state index contributed by atoms with van der Waals surface area (Å²) in [4.78, 5) is 30.8. The highest BCUT2D eigenvalue weighted by molar-refractivity contribution is 5.58. The molecule has 0 radical (unpaired) electrons. The van der Waals surface area contributed by atoms with E-state index in [2.05, 4.69) is 66.9 Å². The maximum Gasteiger partial charge on any atom is 0.250 e. The van der Waals surface area contributed by atoms with Crippen LogP contribution in [0, 0.1) is 0 Å². The molecule has 2 fully saturated rings. The summed E-state index contributed by atoms with van der Waals surface area (Å²) in [5.74, 6) is 2.64. The van der Waals surface area contributed by atoms with E-state index in [0.717, 1.165) is 83.3 Å². The molecule has 0 saturated carbocycles. The largest absolute Gasteiger partial charge is 0.371 e. The van der Waals surface area contributed by atoms with Gasteiger partial charge < -0.3 is 29.9 Å². The Labute approximate surface area is 224 Å². The first-order valence-electron chi connectivity index (χ1n) is 13.8. The van der Waals surface area contributed by atoms with E-state index < -0.39 is 0 Å². The zero-order valence-electron chi connectivity index (χ0n) is 22.5. The van der Waals surface area contributed by atoms with Crippen LogP contribution in [0.15, 0.2) is 47.4 Å². The summed E-state index contributed by atoms with van der Waals surface area (Å²) in [6.45, 7) is 7.71. The van der Waals surface area contributed by atoms with Crippen molar-refractivity contribution in [3.8, 4) is 0 Å². The molecule has 9 nitrogen and oxygen atoms in total. The van der Waals surface area contributed by atoms with E-state index in [-0.39, 0.29) is 5.56 Å². The van der Waals surface area contributed by atoms with Gasteiger partial charge >= 0.3 is 0 Å². The maximum absolute atomic E-state index is 12.1. The van der Waals surface area contributed by atoms with E-state index in [0.29, 0.717) is 11.9 Å². The van der Waals surface area contributed by atoms with Crippen LogP contribution in [0.4, 0.5) is 23.3 Å². The van der Waals surface area contributed by atoms with Gasteiger partial charge in [-0.1, -0.05) is 6.07 Å². The second-order valence-corrected chi connectivity index (χ2v) is 11.0. The SMILES string of the molecule is CN1CCN(c2cc(N3CCc4ccc(N5CCC(c6ccn(C)c(=O)c6)CC5)cc4C3)nc(N)n2)CC1. The number of pyridine rings is 1. The topological polar surface area (TPSA) is 86.8 Å². The van der Waals surface area contributed by atoms with Crippen molar-refractivity contribution < 1.29 is 0 Å². The van der Waals surface area contributed by atoms with E-state index in [9.17, 15) is 4.79 Å². The molecule has 0 atom stereocenters. The Morgan fingerprint density at radius 1 is 0.789 bits per heavy atom. The van der Waals surface area contributed by atoms with Crippen LogP contribution >= 0.6 is 0 Å². The standard InChI is InChI=1S/C29H38N8O/c1-33-13-15-36(16-14-33)26-19-27(32-29(30)31-26)37-12-8-21-3-4-25(17-24(21)20-37)35-10-6-22(7-11-35)23-5-9-34(2)28(38)18-23/h3-5,9,17-19,22H,6-8,10-16,20H2,1-2H3,(H2,30,31,32). The average Bonchev–Trinajstić information content (AvgIpc) is 2.94. The molecule has 0 unspecified atom stereocenters. The second-order valence-electron chi connectivity index (χ2n) is 11.0. The number of anilines is 4. The third-order valence-electron chi connectivity index (χ3n) is 8.53. The lowest BCUT2D eigenvalue weighted by molar-refractivity contribution is 0.312. The summed E-state index contributed by atoms with van der Waals surface area (Å²) in [6.07, 6.45) is 5.00. The molecule has 200 valence electrons. The zero-order valence-corrected chi connectivity index (χ0v) is 22.5. The van der Waals surface area contributed by atoms with Gasteiger partial charge in [0.25, 0.3) is 5.56 Å². The van der Waals surface area contributed by atoms with Gasteiger partial charge in [0, 0.05) is 83.4 Å². The number of hydrogen-bond donors (Lipinski definition) is 1. The molecule has 9 heteroatoms. The van der Waals surface area contributed by atoms with Crippen molar-refractivity contribution in [2.75, 3.05) is 73.3 Å². The monoisotopic (exact) mass is 514 g/mol. The minimum absolute atomic E-state index is 0.0743. The maximum atomic E-state index is 12.1. The van der Waals surface area contributed by atoms with E-state index in [1.807, 2.05) is 12.3 Å². The molecule has 1 aromatic carbocycles. The predicted molar refractivity (Wildman–Crippen MR) is 153 cm³/mol.